The van der Waals surface area contributed by atoms with Crippen molar-refractivity contribution in [2.75, 3.05) is 6.61 Å². The molecule has 1 fully saturated rings. The van der Waals surface area contributed by atoms with Gasteiger partial charge in [-0.25, -0.2) is 0 Å². The van der Waals surface area contributed by atoms with E-state index in [1.165, 1.54) is 12.8 Å². The monoisotopic (exact) mass is 295 g/mol. The third kappa shape index (κ3) is 3.88. The van der Waals surface area contributed by atoms with Crippen LogP contribution in [0.25, 0.3) is 0 Å². The summed E-state index contributed by atoms with van der Waals surface area (Å²) in [5.74, 6) is 1.50. The normalized spacial score (nSPS) is 15.1. The Morgan fingerprint density at radius 2 is 1.82 bits per heavy atom. The van der Waals surface area contributed by atoms with Gasteiger partial charge in [0.25, 0.3) is 5.91 Å². The van der Waals surface area contributed by atoms with Crippen LogP contribution in [0.2, 0.25) is 0 Å². The van der Waals surface area contributed by atoms with Gasteiger partial charge in [-0.3, -0.25) is 4.79 Å². The van der Waals surface area contributed by atoms with Crippen molar-refractivity contribution < 1.29 is 9.53 Å². The highest BCUT2D eigenvalue weighted by atomic mass is 16.5. The van der Waals surface area contributed by atoms with E-state index < -0.39 is 0 Å². The van der Waals surface area contributed by atoms with E-state index in [9.17, 15) is 4.79 Å². The fourth-order valence-corrected chi connectivity index (χ4v) is 2.31. The van der Waals surface area contributed by atoms with Crippen molar-refractivity contribution in [2.45, 2.75) is 25.8 Å². The Labute approximate surface area is 131 Å². The number of carbonyl (C=O) groups excluding carboxylic acids is 1. The molecule has 2 aromatic rings. The van der Waals surface area contributed by atoms with Crippen molar-refractivity contribution in [2.24, 2.45) is 5.92 Å². The first-order valence-corrected chi connectivity index (χ1v) is 7.81. The van der Waals surface area contributed by atoms with Crippen LogP contribution in [0.4, 0.5) is 0 Å². The van der Waals surface area contributed by atoms with Crippen molar-refractivity contribution in [3.8, 4) is 5.75 Å². The third-order valence-electron chi connectivity index (χ3n) is 3.95. The van der Waals surface area contributed by atoms with Crippen LogP contribution in [0.5, 0.6) is 5.75 Å². The molecule has 1 saturated carbocycles. The lowest BCUT2D eigenvalue weighted by molar-refractivity contribution is 0.0940. The second kappa shape index (κ2) is 6.65. The molecule has 1 aliphatic carbocycles. The number of ether oxygens (including phenoxy) is 1. The van der Waals surface area contributed by atoms with Crippen LogP contribution >= 0.6 is 0 Å². The number of rotatable bonds is 6. The maximum Gasteiger partial charge on any atom is 0.251 e. The highest BCUT2D eigenvalue weighted by Crippen LogP contribution is 2.29. The van der Waals surface area contributed by atoms with Gasteiger partial charge in [0.15, 0.2) is 0 Å². The van der Waals surface area contributed by atoms with E-state index in [0.29, 0.717) is 5.56 Å². The molecule has 1 atom stereocenters. The average Bonchev–Trinajstić information content (AvgIpc) is 3.38. The molecule has 3 rings (SSSR count). The second-order valence-electron chi connectivity index (χ2n) is 5.88. The van der Waals surface area contributed by atoms with Gasteiger partial charge >= 0.3 is 0 Å². The number of benzene rings is 2. The molecular formula is C19H21NO2. The van der Waals surface area contributed by atoms with Crippen LogP contribution < -0.4 is 10.1 Å². The number of hydrogen-bond acceptors (Lipinski definition) is 2. The largest absolute Gasteiger partial charge is 0.493 e. The number of hydrogen-bond donors (Lipinski definition) is 1. The Bertz CT molecular complexity index is 618. The third-order valence-corrected chi connectivity index (χ3v) is 3.95. The highest BCUT2D eigenvalue weighted by Gasteiger charge is 2.21. The predicted octanol–water partition coefficient (Wildman–Crippen LogP) is 3.97. The van der Waals surface area contributed by atoms with Gasteiger partial charge in [0.2, 0.25) is 0 Å². The zero-order chi connectivity index (χ0) is 15.4. The lowest BCUT2D eigenvalue weighted by atomic mass is 10.1. The first-order valence-electron chi connectivity index (χ1n) is 7.81. The minimum atomic E-state index is -0.0647. The van der Waals surface area contributed by atoms with Gasteiger partial charge in [0.05, 0.1) is 12.6 Å². The van der Waals surface area contributed by atoms with E-state index in [4.69, 9.17) is 4.74 Å². The molecule has 0 unspecified atom stereocenters. The summed E-state index contributed by atoms with van der Waals surface area (Å²) in [7, 11) is 0. The van der Waals surface area contributed by atoms with Gasteiger partial charge in [-0.1, -0.05) is 30.3 Å². The molecule has 0 radical (unpaired) electrons. The maximum absolute atomic E-state index is 12.3. The van der Waals surface area contributed by atoms with Gasteiger partial charge < -0.3 is 10.1 Å². The zero-order valence-corrected chi connectivity index (χ0v) is 12.8. The summed E-state index contributed by atoms with van der Waals surface area (Å²) in [5.41, 5.74) is 1.75. The summed E-state index contributed by atoms with van der Waals surface area (Å²) in [5, 5.41) is 3.01. The summed E-state index contributed by atoms with van der Waals surface area (Å²) >= 11 is 0. The fraction of sp³-hybridized carbons (Fsp3) is 0.316. The SMILES string of the molecule is C[C@H](NC(=O)c1ccc(OCC2CC2)cc1)c1ccccc1. The Morgan fingerprint density at radius 3 is 2.45 bits per heavy atom. The number of nitrogens with one attached hydrogen (secondary N) is 1. The summed E-state index contributed by atoms with van der Waals surface area (Å²) in [6, 6.07) is 17.3. The van der Waals surface area contributed by atoms with Gasteiger partial charge in [-0.15, -0.1) is 0 Å². The Balaban J connectivity index is 1.57. The van der Waals surface area contributed by atoms with Crippen molar-refractivity contribution >= 4 is 5.91 Å². The summed E-state index contributed by atoms with van der Waals surface area (Å²) in [4.78, 5) is 12.3. The van der Waals surface area contributed by atoms with Crippen LogP contribution in [-0.4, -0.2) is 12.5 Å². The van der Waals surface area contributed by atoms with E-state index in [2.05, 4.69) is 5.32 Å². The standard InChI is InChI=1S/C19H21NO2/c1-14(16-5-3-2-4-6-16)20-19(21)17-9-11-18(12-10-17)22-13-15-7-8-15/h2-6,9-12,14-15H,7-8,13H2,1H3,(H,20,21)/t14-/m0/s1. The van der Waals surface area contributed by atoms with Gasteiger partial charge in [0.1, 0.15) is 5.75 Å². The first kappa shape index (κ1) is 14.6. The second-order valence-corrected chi connectivity index (χ2v) is 5.88. The molecule has 3 heteroatoms. The van der Waals surface area contributed by atoms with E-state index in [-0.39, 0.29) is 11.9 Å². The van der Waals surface area contributed by atoms with Crippen LogP contribution in [0, 0.1) is 5.92 Å². The van der Waals surface area contributed by atoms with Crippen LogP contribution in [0.3, 0.4) is 0 Å². The highest BCUT2D eigenvalue weighted by molar-refractivity contribution is 5.94. The fourth-order valence-electron chi connectivity index (χ4n) is 2.31. The molecule has 3 nitrogen and oxygen atoms in total. The minimum Gasteiger partial charge on any atom is -0.493 e. The van der Waals surface area contributed by atoms with Gasteiger partial charge in [0, 0.05) is 5.56 Å². The number of amides is 1. The van der Waals surface area contributed by atoms with Crippen molar-refractivity contribution in [1.82, 2.24) is 5.32 Å². The van der Waals surface area contributed by atoms with E-state index in [1.807, 2.05) is 61.5 Å². The molecule has 0 saturated heterocycles. The molecule has 1 aliphatic rings. The number of carbonyl (C=O) groups is 1. The van der Waals surface area contributed by atoms with Gasteiger partial charge in [-0.2, -0.15) is 0 Å². The van der Waals surface area contributed by atoms with E-state index in [0.717, 1.165) is 23.8 Å². The average molecular weight is 295 g/mol. The molecule has 0 bridgehead atoms. The quantitative estimate of drug-likeness (QED) is 0.875. The Kier molecular flexibility index (Phi) is 4.42. The first-order chi connectivity index (χ1) is 10.7. The van der Waals surface area contributed by atoms with Crippen molar-refractivity contribution in [3.05, 3.63) is 65.7 Å². The summed E-state index contributed by atoms with van der Waals surface area (Å²) in [6.45, 7) is 2.77. The van der Waals surface area contributed by atoms with Crippen LogP contribution in [0.15, 0.2) is 54.6 Å². The molecule has 0 aliphatic heterocycles. The van der Waals surface area contributed by atoms with E-state index >= 15 is 0 Å². The van der Waals surface area contributed by atoms with Crippen molar-refractivity contribution in [3.63, 3.8) is 0 Å². The smallest absolute Gasteiger partial charge is 0.251 e. The zero-order valence-electron chi connectivity index (χ0n) is 12.8. The Morgan fingerprint density at radius 1 is 1.14 bits per heavy atom. The van der Waals surface area contributed by atoms with Crippen molar-refractivity contribution in [1.29, 1.82) is 0 Å². The molecular weight excluding hydrogens is 274 g/mol. The lowest BCUT2D eigenvalue weighted by Crippen LogP contribution is -2.26. The molecule has 1 amide bonds. The summed E-state index contributed by atoms with van der Waals surface area (Å²) in [6.07, 6.45) is 2.55. The predicted molar refractivity (Wildman–Crippen MR) is 87.0 cm³/mol. The topological polar surface area (TPSA) is 38.3 Å². The molecule has 0 aromatic heterocycles. The minimum absolute atomic E-state index is 0.0144. The molecule has 22 heavy (non-hydrogen) atoms. The molecule has 2 aromatic carbocycles. The molecule has 1 N–H and O–H groups in total. The molecule has 0 heterocycles. The Hall–Kier alpha value is -2.29. The van der Waals surface area contributed by atoms with Gasteiger partial charge in [-0.05, 0) is 55.5 Å². The maximum atomic E-state index is 12.3. The lowest BCUT2D eigenvalue weighted by Gasteiger charge is -2.14. The molecule has 0 spiro atoms. The molecule has 114 valence electrons. The van der Waals surface area contributed by atoms with Crippen LogP contribution in [0.1, 0.15) is 41.7 Å². The van der Waals surface area contributed by atoms with E-state index in [1.54, 1.807) is 0 Å². The summed E-state index contributed by atoms with van der Waals surface area (Å²) < 4.78 is 5.68. The van der Waals surface area contributed by atoms with Crippen LogP contribution in [-0.2, 0) is 0 Å².